The van der Waals surface area contributed by atoms with Crippen LogP contribution < -0.4 is 4.90 Å². The van der Waals surface area contributed by atoms with Gasteiger partial charge in [0.05, 0.1) is 0 Å². The lowest BCUT2D eigenvalue weighted by molar-refractivity contribution is 1.24. The number of nitrogens with zero attached hydrogens (tertiary/aromatic N) is 1. The summed E-state index contributed by atoms with van der Waals surface area (Å²) in [5.74, 6) is 0. The Morgan fingerprint density at radius 2 is 0.718 bits per heavy atom. The summed E-state index contributed by atoms with van der Waals surface area (Å²) in [5.41, 5.74) is 13.3. The highest BCUT2D eigenvalue weighted by Crippen LogP contribution is 2.37. The van der Waals surface area contributed by atoms with E-state index in [0.29, 0.717) is 0 Å². The molecule has 0 aromatic heterocycles. The Kier molecular flexibility index (Phi) is 7.89. The molecule has 0 saturated carbocycles. The summed E-state index contributed by atoms with van der Waals surface area (Å²) in [6, 6.07) is 41.5. The van der Waals surface area contributed by atoms with Crippen LogP contribution in [0.15, 0.2) is 115 Å². The molecule has 0 aliphatic carbocycles. The third-order valence-corrected chi connectivity index (χ3v) is 6.99. The largest absolute Gasteiger partial charge is 0.310 e. The molecule has 0 N–H and O–H groups in total. The van der Waals surface area contributed by atoms with Gasteiger partial charge in [0.25, 0.3) is 0 Å². The zero-order valence-electron chi connectivity index (χ0n) is 23.2. The fraction of sp³-hybridized carbons (Fsp3) is 0.105. The maximum Gasteiger partial charge on any atom is 0.0490 e. The average molecular weight is 506 g/mol. The maximum absolute atomic E-state index is 2.34. The van der Waals surface area contributed by atoms with Gasteiger partial charge in [-0.1, -0.05) is 126 Å². The molecule has 0 heterocycles. The molecule has 192 valence electrons. The molecule has 0 aliphatic rings. The minimum atomic E-state index is 1.14. The maximum atomic E-state index is 2.34. The van der Waals surface area contributed by atoms with Gasteiger partial charge in [0.2, 0.25) is 0 Å². The Labute approximate surface area is 233 Å². The van der Waals surface area contributed by atoms with E-state index in [2.05, 4.69) is 172 Å². The van der Waals surface area contributed by atoms with Gasteiger partial charge in [0.1, 0.15) is 0 Å². The fourth-order valence-corrected chi connectivity index (χ4v) is 4.69. The van der Waals surface area contributed by atoms with Crippen LogP contribution in [-0.4, -0.2) is 0 Å². The lowest BCUT2D eigenvalue weighted by Crippen LogP contribution is -2.11. The molecule has 0 unspecified atom stereocenters. The van der Waals surface area contributed by atoms with E-state index in [-0.39, 0.29) is 0 Å². The molecular formula is C38H35N. The first-order valence-corrected chi connectivity index (χ1v) is 13.5. The SMILES string of the molecule is Cc1ccc(/C=C/c2ccc(N(c3ccc(/C=C/c4ccc(C)cc4)cc3)c3ccc(C)cc3C)cc2)cc1. The summed E-state index contributed by atoms with van der Waals surface area (Å²) in [7, 11) is 0. The second-order valence-electron chi connectivity index (χ2n) is 10.3. The normalized spacial score (nSPS) is 11.4. The molecule has 39 heavy (non-hydrogen) atoms. The molecule has 1 nitrogen and oxygen atoms in total. The Bertz CT molecular complexity index is 1490. The van der Waals surface area contributed by atoms with Crippen LogP contribution in [0.1, 0.15) is 44.5 Å². The molecule has 0 saturated heterocycles. The first-order chi connectivity index (χ1) is 18.9. The highest BCUT2D eigenvalue weighted by Gasteiger charge is 2.14. The molecule has 5 rings (SSSR count). The highest BCUT2D eigenvalue weighted by atomic mass is 15.1. The zero-order valence-corrected chi connectivity index (χ0v) is 23.2. The van der Waals surface area contributed by atoms with E-state index in [1.54, 1.807) is 0 Å². The Morgan fingerprint density at radius 3 is 1.08 bits per heavy atom. The van der Waals surface area contributed by atoms with Crippen molar-refractivity contribution in [3.8, 4) is 0 Å². The summed E-state index contributed by atoms with van der Waals surface area (Å²) in [6.45, 7) is 8.56. The smallest absolute Gasteiger partial charge is 0.0490 e. The van der Waals surface area contributed by atoms with Crippen molar-refractivity contribution < 1.29 is 0 Å². The first-order valence-electron chi connectivity index (χ1n) is 13.5. The van der Waals surface area contributed by atoms with Gasteiger partial charge in [0.15, 0.2) is 0 Å². The van der Waals surface area contributed by atoms with E-state index in [9.17, 15) is 0 Å². The summed E-state index contributed by atoms with van der Waals surface area (Å²) in [6.07, 6.45) is 8.68. The van der Waals surface area contributed by atoms with Gasteiger partial charge in [-0.2, -0.15) is 0 Å². The molecule has 0 atom stereocenters. The Balaban J connectivity index is 1.43. The summed E-state index contributed by atoms with van der Waals surface area (Å²) in [4.78, 5) is 2.34. The van der Waals surface area contributed by atoms with Gasteiger partial charge < -0.3 is 4.90 Å². The van der Waals surface area contributed by atoms with E-state index in [1.807, 2.05) is 0 Å². The van der Waals surface area contributed by atoms with Crippen molar-refractivity contribution in [2.24, 2.45) is 0 Å². The second kappa shape index (κ2) is 11.8. The van der Waals surface area contributed by atoms with Crippen LogP contribution in [0.4, 0.5) is 17.1 Å². The number of rotatable bonds is 7. The lowest BCUT2D eigenvalue weighted by Gasteiger charge is -2.27. The van der Waals surface area contributed by atoms with Crippen LogP contribution >= 0.6 is 0 Å². The van der Waals surface area contributed by atoms with E-state index < -0.39 is 0 Å². The van der Waals surface area contributed by atoms with Crippen molar-refractivity contribution in [2.75, 3.05) is 4.90 Å². The number of hydrogen-bond acceptors (Lipinski definition) is 1. The first kappa shape index (κ1) is 26.0. The molecule has 5 aromatic rings. The zero-order chi connectivity index (χ0) is 27.2. The molecule has 0 amide bonds. The predicted molar refractivity (Wildman–Crippen MR) is 171 cm³/mol. The minimum Gasteiger partial charge on any atom is -0.310 e. The minimum absolute atomic E-state index is 1.14. The van der Waals surface area contributed by atoms with Gasteiger partial charge in [-0.25, -0.2) is 0 Å². The van der Waals surface area contributed by atoms with Gasteiger partial charge >= 0.3 is 0 Å². The van der Waals surface area contributed by atoms with Crippen molar-refractivity contribution in [1.29, 1.82) is 0 Å². The van der Waals surface area contributed by atoms with E-state index in [0.717, 1.165) is 11.4 Å². The quantitative estimate of drug-likeness (QED) is 0.199. The van der Waals surface area contributed by atoms with Crippen molar-refractivity contribution >= 4 is 41.4 Å². The van der Waals surface area contributed by atoms with Crippen molar-refractivity contribution in [3.63, 3.8) is 0 Å². The fourth-order valence-electron chi connectivity index (χ4n) is 4.69. The van der Waals surface area contributed by atoms with E-state index in [1.165, 1.54) is 50.2 Å². The Morgan fingerprint density at radius 1 is 0.385 bits per heavy atom. The monoisotopic (exact) mass is 505 g/mol. The lowest BCUT2D eigenvalue weighted by atomic mass is 10.1. The molecule has 0 spiro atoms. The number of hydrogen-bond donors (Lipinski definition) is 0. The Hall–Kier alpha value is -4.62. The summed E-state index contributed by atoms with van der Waals surface area (Å²) >= 11 is 0. The molecule has 0 aliphatic heterocycles. The number of benzene rings is 5. The molecule has 0 fully saturated rings. The molecule has 0 bridgehead atoms. The van der Waals surface area contributed by atoms with Crippen LogP contribution in [0.25, 0.3) is 24.3 Å². The van der Waals surface area contributed by atoms with Crippen LogP contribution in [0, 0.1) is 27.7 Å². The van der Waals surface area contributed by atoms with Crippen molar-refractivity contribution in [1.82, 2.24) is 0 Å². The molecule has 5 aromatic carbocycles. The molecule has 1 heteroatoms. The van der Waals surface area contributed by atoms with Gasteiger partial charge in [-0.3, -0.25) is 0 Å². The van der Waals surface area contributed by atoms with Crippen molar-refractivity contribution in [2.45, 2.75) is 27.7 Å². The molecular weight excluding hydrogens is 470 g/mol. The van der Waals surface area contributed by atoms with Crippen molar-refractivity contribution in [3.05, 3.63) is 160 Å². The van der Waals surface area contributed by atoms with Crippen LogP contribution in [0.3, 0.4) is 0 Å². The second-order valence-corrected chi connectivity index (χ2v) is 10.3. The third kappa shape index (κ3) is 6.64. The third-order valence-electron chi connectivity index (χ3n) is 6.99. The van der Waals surface area contributed by atoms with E-state index >= 15 is 0 Å². The van der Waals surface area contributed by atoms with Gasteiger partial charge in [-0.15, -0.1) is 0 Å². The predicted octanol–water partition coefficient (Wildman–Crippen LogP) is 10.7. The van der Waals surface area contributed by atoms with Crippen LogP contribution in [-0.2, 0) is 0 Å². The molecule has 0 radical (unpaired) electrons. The standard InChI is InChI=1S/C38H35N/c1-28-5-10-32(11-6-28)14-16-34-18-22-36(23-19-34)39(38-26-9-30(3)27-31(38)4)37-24-20-35(21-25-37)17-15-33-12-7-29(2)8-13-33/h5-27H,1-4H3/b16-14+,17-15+. The van der Waals surface area contributed by atoms with Crippen LogP contribution in [0.5, 0.6) is 0 Å². The highest BCUT2D eigenvalue weighted by molar-refractivity contribution is 5.81. The summed E-state index contributed by atoms with van der Waals surface area (Å²) < 4.78 is 0. The average Bonchev–Trinajstić information content (AvgIpc) is 2.95. The number of anilines is 3. The summed E-state index contributed by atoms with van der Waals surface area (Å²) in [5, 5.41) is 0. The topological polar surface area (TPSA) is 3.24 Å². The van der Waals surface area contributed by atoms with E-state index in [4.69, 9.17) is 0 Å². The van der Waals surface area contributed by atoms with Gasteiger partial charge in [0, 0.05) is 17.1 Å². The number of aryl methyl sites for hydroxylation is 4. The van der Waals surface area contributed by atoms with Gasteiger partial charge in [-0.05, 0) is 85.8 Å². The van der Waals surface area contributed by atoms with Crippen LogP contribution in [0.2, 0.25) is 0 Å².